The van der Waals surface area contributed by atoms with E-state index in [9.17, 15) is 0 Å². The maximum Gasteiger partial charge on any atom is 0.229 e. The molecular formula is C18H22N6O. The molecule has 0 saturated carbocycles. The van der Waals surface area contributed by atoms with Gasteiger partial charge in [0.05, 0.1) is 18.3 Å². The number of para-hydroxylation sites is 1. The number of likely N-dealkylation sites (tertiary alicyclic amines) is 1. The number of hydrogen-bond acceptors (Lipinski definition) is 6. The smallest absolute Gasteiger partial charge is 0.229 e. The molecular weight excluding hydrogens is 316 g/mol. The van der Waals surface area contributed by atoms with Gasteiger partial charge >= 0.3 is 0 Å². The normalized spacial score (nSPS) is 18.3. The van der Waals surface area contributed by atoms with Crippen molar-refractivity contribution < 1.29 is 4.52 Å². The highest BCUT2D eigenvalue weighted by Gasteiger charge is 2.31. The summed E-state index contributed by atoms with van der Waals surface area (Å²) in [6.45, 7) is 5.83. The topological polar surface area (TPSA) is 72.9 Å². The lowest BCUT2D eigenvalue weighted by molar-refractivity contribution is 0.226. The van der Waals surface area contributed by atoms with Gasteiger partial charge in [0.1, 0.15) is 12.2 Å². The number of nitrogens with zero attached hydrogens (tertiary/aromatic N) is 6. The Balaban J connectivity index is 1.55. The Hall–Kier alpha value is -2.54. The van der Waals surface area contributed by atoms with Crippen LogP contribution in [0.15, 0.2) is 41.2 Å². The lowest BCUT2D eigenvalue weighted by Crippen LogP contribution is -2.25. The fourth-order valence-electron chi connectivity index (χ4n) is 3.26. The summed E-state index contributed by atoms with van der Waals surface area (Å²) < 4.78 is 7.29. The molecule has 7 heteroatoms. The molecule has 0 aliphatic carbocycles. The quantitative estimate of drug-likeness (QED) is 0.712. The zero-order chi connectivity index (χ0) is 17.2. The second kappa shape index (κ2) is 6.76. The van der Waals surface area contributed by atoms with Crippen LogP contribution in [0.2, 0.25) is 0 Å². The molecule has 7 nitrogen and oxygen atoms in total. The minimum Gasteiger partial charge on any atom is -0.339 e. The molecule has 1 aliphatic rings. The van der Waals surface area contributed by atoms with E-state index in [1.165, 1.54) is 0 Å². The van der Waals surface area contributed by atoms with Crippen LogP contribution in [0.25, 0.3) is 5.69 Å². The van der Waals surface area contributed by atoms with Crippen LogP contribution in [0.5, 0.6) is 0 Å². The van der Waals surface area contributed by atoms with Gasteiger partial charge in [-0.25, -0.2) is 9.67 Å². The third-order valence-electron chi connectivity index (χ3n) is 4.58. The van der Waals surface area contributed by atoms with E-state index >= 15 is 0 Å². The van der Waals surface area contributed by atoms with E-state index in [1.807, 2.05) is 35.0 Å². The number of hydrogen-bond donors (Lipinski definition) is 0. The maximum absolute atomic E-state index is 5.39. The van der Waals surface area contributed by atoms with E-state index in [-0.39, 0.29) is 12.0 Å². The number of rotatable bonds is 5. The predicted octanol–water partition coefficient (Wildman–Crippen LogP) is 3.11. The molecule has 3 heterocycles. The van der Waals surface area contributed by atoms with Crippen molar-refractivity contribution in [2.45, 2.75) is 45.2 Å². The zero-order valence-electron chi connectivity index (χ0n) is 14.5. The van der Waals surface area contributed by atoms with Crippen molar-refractivity contribution >= 4 is 0 Å². The molecule has 1 saturated heterocycles. The fraction of sp³-hybridized carbons (Fsp3) is 0.444. The summed E-state index contributed by atoms with van der Waals surface area (Å²) in [5.41, 5.74) is 1.02. The Morgan fingerprint density at radius 1 is 1.24 bits per heavy atom. The van der Waals surface area contributed by atoms with Gasteiger partial charge < -0.3 is 4.52 Å². The maximum atomic E-state index is 5.39. The van der Waals surface area contributed by atoms with Crippen LogP contribution in [0.1, 0.15) is 56.2 Å². The third-order valence-corrected chi connectivity index (χ3v) is 4.58. The third kappa shape index (κ3) is 3.19. The van der Waals surface area contributed by atoms with E-state index in [1.54, 1.807) is 6.33 Å². The minimum atomic E-state index is 0.178. The first-order valence-electron chi connectivity index (χ1n) is 8.74. The lowest BCUT2D eigenvalue weighted by atomic mass is 10.2. The molecule has 1 aromatic carbocycles. The average molecular weight is 338 g/mol. The van der Waals surface area contributed by atoms with Crippen LogP contribution in [-0.2, 0) is 6.54 Å². The molecule has 0 N–H and O–H groups in total. The molecule has 2 aromatic heterocycles. The van der Waals surface area contributed by atoms with Crippen molar-refractivity contribution in [3.8, 4) is 5.69 Å². The van der Waals surface area contributed by atoms with Gasteiger partial charge in [0, 0.05) is 5.92 Å². The SMILES string of the molecule is CC(C)c1nc([C@@H]2CCCN2Cc2ncnn2-c2ccccc2)no1. The Labute approximate surface area is 146 Å². The van der Waals surface area contributed by atoms with Gasteiger partial charge in [0.15, 0.2) is 5.82 Å². The van der Waals surface area contributed by atoms with E-state index < -0.39 is 0 Å². The van der Waals surface area contributed by atoms with Crippen molar-refractivity contribution in [1.29, 1.82) is 0 Å². The second-order valence-corrected chi connectivity index (χ2v) is 6.70. The van der Waals surface area contributed by atoms with Crippen molar-refractivity contribution in [2.75, 3.05) is 6.54 Å². The van der Waals surface area contributed by atoms with Crippen molar-refractivity contribution in [3.63, 3.8) is 0 Å². The average Bonchev–Trinajstić information content (AvgIpc) is 3.36. The van der Waals surface area contributed by atoms with E-state index in [4.69, 9.17) is 4.52 Å². The summed E-state index contributed by atoms with van der Waals surface area (Å²) in [6, 6.07) is 10.3. The minimum absolute atomic E-state index is 0.178. The first-order valence-corrected chi connectivity index (χ1v) is 8.74. The van der Waals surface area contributed by atoms with Crippen LogP contribution < -0.4 is 0 Å². The van der Waals surface area contributed by atoms with Gasteiger partial charge in [0.2, 0.25) is 5.89 Å². The summed E-state index contributed by atoms with van der Waals surface area (Å²) in [5, 5.41) is 8.59. The van der Waals surface area contributed by atoms with Crippen molar-refractivity contribution in [1.82, 2.24) is 29.8 Å². The molecule has 0 radical (unpaired) electrons. The van der Waals surface area contributed by atoms with Gasteiger partial charge in [-0.2, -0.15) is 10.1 Å². The molecule has 0 bridgehead atoms. The van der Waals surface area contributed by atoms with Crippen LogP contribution in [0.4, 0.5) is 0 Å². The monoisotopic (exact) mass is 338 g/mol. The van der Waals surface area contributed by atoms with Crippen molar-refractivity contribution in [2.24, 2.45) is 0 Å². The number of aromatic nitrogens is 5. The van der Waals surface area contributed by atoms with E-state index in [0.29, 0.717) is 12.4 Å². The molecule has 0 unspecified atom stereocenters. The predicted molar refractivity (Wildman–Crippen MR) is 92.1 cm³/mol. The Bertz CT molecular complexity index is 825. The molecule has 1 atom stereocenters. The summed E-state index contributed by atoms with van der Waals surface area (Å²) in [6.07, 6.45) is 3.77. The van der Waals surface area contributed by atoms with Gasteiger partial charge in [-0.05, 0) is 31.5 Å². The molecule has 1 aliphatic heterocycles. The van der Waals surface area contributed by atoms with Crippen LogP contribution in [-0.4, -0.2) is 36.3 Å². The molecule has 0 amide bonds. The summed E-state index contributed by atoms with van der Waals surface area (Å²) in [5.74, 6) is 2.66. The largest absolute Gasteiger partial charge is 0.339 e. The Morgan fingerprint density at radius 3 is 2.84 bits per heavy atom. The fourth-order valence-corrected chi connectivity index (χ4v) is 3.26. The van der Waals surface area contributed by atoms with Crippen LogP contribution >= 0.6 is 0 Å². The number of benzene rings is 1. The molecule has 3 aromatic rings. The lowest BCUT2D eigenvalue weighted by Gasteiger charge is -2.21. The highest BCUT2D eigenvalue weighted by Crippen LogP contribution is 2.32. The first-order chi connectivity index (χ1) is 12.2. The Morgan fingerprint density at radius 2 is 2.08 bits per heavy atom. The second-order valence-electron chi connectivity index (χ2n) is 6.70. The van der Waals surface area contributed by atoms with Gasteiger partial charge in [-0.3, -0.25) is 4.90 Å². The van der Waals surface area contributed by atoms with E-state index in [2.05, 4.69) is 39.0 Å². The Kier molecular flexibility index (Phi) is 4.31. The first kappa shape index (κ1) is 16.0. The van der Waals surface area contributed by atoms with E-state index in [0.717, 1.165) is 36.7 Å². The van der Waals surface area contributed by atoms with Crippen LogP contribution in [0.3, 0.4) is 0 Å². The zero-order valence-corrected chi connectivity index (χ0v) is 14.5. The van der Waals surface area contributed by atoms with Crippen molar-refractivity contribution in [3.05, 3.63) is 54.2 Å². The van der Waals surface area contributed by atoms with Gasteiger partial charge in [0.25, 0.3) is 0 Å². The highest BCUT2D eigenvalue weighted by atomic mass is 16.5. The summed E-state index contributed by atoms with van der Waals surface area (Å²) in [4.78, 5) is 11.4. The van der Waals surface area contributed by atoms with Gasteiger partial charge in [-0.15, -0.1) is 0 Å². The molecule has 0 spiro atoms. The summed E-state index contributed by atoms with van der Waals surface area (Å²) in [7, 11) is 0. The molecule has 130 valence electrons. The van der Waals surface area contributed by atoms with Crippen LogP contribution in [0, 0.1) is 0 Å². The van der Waals surface area contributed by atoms with Gasteiger partial charge in [-0.1, -0.05) is 37.2 Å². The highest BCUT2D eigenvalue weighted by molar-refractivity contribution is 5.30. The molecule has 4 rings (SSSR count). The summed E-state index contributed by atoms with van der Waals surface area (Å²) >= 11 is 0. The molecule has 25 heavy (non-hydrogen) atoms. The standard InChI is InChI=1S/C18H22N6O/c1-13(2)18-21-17(22-25-18)15-9-6-10-23(15)11-16-19-12-20-24(16)14-7-4-3-5-8-14/h3-5,7-8,12-13,15H,6,9-11H2,1-2H3/t15-/m0/s1. The molecule has 1 fully saturated rings.